The number of rotatable bonds is 44. The molecule has 10 N–H and O–H groups in total. The molecule has 1 fully saturated rings. The Morgan fingerprint density at radius 1 is 0.795 bits per heavy atom. The lowest BCUT2D eigenvalue weighted by molar-refractivity contribution is -0.161. The topological polar surface area (TPSA) is 349 Å². The Kier molecular flexibility index (Phi) is 36.8. The number of phosphoric ester groups is 2. The number of nitrogens with zero attached hydrogens (tertiary/aromatic N) is 2. The number of aromatic nitrogens is 2. The average Bonchev–Trinajstić information content (AvgIpc) is 3.67. The van der Waals surface area contributed by atoms with Gasteiger partial charge in [0.05, 0.1) is 19.3 Å². The van der Waals surface area contributed by atoms with Crippen LogP contribution >= 0.6 is 27.4 Å². The van der Waals surface area contributed by atoms with E-state index in [0.717, 1.165) is 80.3 Å². The Morgan fingerprint density at radius 3 is 2.04 bits per heavy atom. The van der Waals surface area contributed by atoms with E-state index >= 15 is 0 Å². The molecule has 0 saturated carbocycles. The quantitative estimate of drug-likeness (QED) is 0.0100. The van der Waals surface area contributed by atoms with E-state index in [-0.39, 0.29) is 37.3 Å². The number of nitrogen functional groups attached to an aromatic ring is 1. The highest BCUT2D eigenvalue weighted by atomic mass is 32.2. The SMILES string of the molecule is CCCCC/C=C\C\C=C/C=C/C=C/[C@@H](SC[C@H](N)C(=O)OC[C@H](COP(=O)(O)OP(=O)(O)OC[C@H]1O[C@@H](n2ccc(N)nc2=O)[C@H](O)[C@@H]1O)OC(=O)CCCCCCC/C=C\C/C=C\CCCCC)[C@@H](O)CCCC(=O)O. The summed E-state index contributed by atoms with van der Waals surface area (Å²) in [6.07, 6.45) is 31.7. The number of anilines is 1. The lowest BCUT2D eigenvalue weighted by atomic mass is 10.1. The molecule has 10 atom stereocenters. The maximum absolute atomic E-state index is 13.2. The summed E-state index contributed by atoms with van der Waals surface area (Å²) in [5, 5.41) is 40.5. The van der Waals surface area contributed by atoms with E-state index in [1.807, 2.05) is 18.2 Å². The van der Waals surface area contributed by atoms with Gasteiger partial charge in [-0.15, -0.1) is 11.8 Å². The molecule has 1 aromatic rings. The largest absolute Gasteiger partial charge is 0.481 e. The number of hydrogen-bond donors (Lipinski definition) is 8. The third-order valence-corrected chi connectivity index (χ3v) is 15.8. The van der Waals surface area contributed by atoms with Gasteiger partial charge in [-0.1, -0.05) is 132 Å². The molecule has 78 heavy (non-hydrogen) atoms. The standard InChI is InChI=1S/C53H86N4O18P2S/c1-3-5-7-9-11-13-15-17-18-19-21-23-25-27-29-34-48(61)73-41(38-71-76(66,67)75-77(68,69)72-39-44-49(62)50(63)51(74-44)57-36-35-46(55)56-53(57)65)37-70-52(64)42(54)40-78-45(43(58)31-30-33-47(59)60)32-28-26-24-22-20-16-14-12-10-8-6-4-2/h11-14,17-18,20,22,24,26,28,32,35-36,41-45,49-51,58,62-63H,3-10,15-16,19,21,23,25,27,29-31,33-34,37-40,54H2,1-2H3,(H,59,60)(H,66,67)(H,68,69)(H2,55,56,65)/b13-11-,14-12-,18-17-,22-20-,26-24+,32-28+/t41-,42+,43+,44-,45-,49-,50-,51-/m1/s1. The molecule has 2 heterocycles. The number of hydrogen-bond acceptors (Lipinski definition) is 19. The molecule has 0 bridgehead atoms. The van der Waals surface area contributed by atoms with Crippen molar-refractivity contribution in [3.63, 3.8) is 0 Å². The van der Waals surface area contributed by atoms with Gasteiger partial charge in [-0.25, -0.2) is 13.9 Å². The fraction of sp³-hybridized carbons (Fsp3) is 0.642. The summed E-state index contributed by atoms with van der Waals surface area (Å²) in [7, 11) is -11.1. The molecular formula is C53H86N4O18P2S. The average molecular weight is 1160 g/mol. The summed E-state index contributed by atoms with van der Waals surface area (Å²) in [4.78, 5) is 74.0. The van der Waals surface area contributed by atoms with E-state index in [0.29, 0.717) is 12.8 Å². The molecule has 2 unspecified atom stereocenters. The second kappa shape index (κ2) is 41.0. The van der Waals surface area contributed by atoms with Crippen LogP contribution < -0.4 is 17.2 Å². The second-order valence-electron chi connectivity index (χ2n) is 18.6. The van der Waals surface area contributed by atoms with Gasteiger partial charge in [0.1, 0.15) is 36.8 Å². The molecule has 0 radical (unpaired) electrons. The molecule has 1 aromatic heterocycles. The van der Waals surface area contributed by atoms with Crippen LogP contribution in [-0.2, 0) is 51.1 Å². The Morgan fingerprint density at radius 2 is 1.40 bits per heavy atom. The first-order chi connectivity index (χ1) is 37.3. The highest BCUT2D eigenvalue weighted by Crippen LogP contribution is 2.60. The number of aliphatic hydroxyl groups excluding tert-OH is 3. The Bertz CT molecular complexity index is 2230. The predicted molar refractivity (Wildman–Crippen MR) is 299 cm³/mol. The van der Waals surface area contributed by atoms with E-state index in [9.17, 15) is 53.4 Å². The molecule has 1 aliphatic heterocycles. The van der Waals surface area contributed by atoms with E-state index in [2.05, 4.69) is 59.6 Å². The smallest absolute Gasteiger partial charge is 0.481 e. The summed E-state index contributed by atoms with van der Waals surface area (Å²) in [5.41, 5.74) is 10.8. The number of aliphatic hydroxyl groups is 3. The van der Waals surface area contributed by atoms with E-state index in [4.69, 9.17) is 39.8 Å². The van der Waals surface area contributed by atoms with Gasteiger partial charge in [0.15, 0.2) is 12.3 Å². The fourth-order valence-electron chi connectivity index (χ4n) is 7.43. The first kappa shape index (κ1) is 70.0. The molecule has 22 nitrogen and oxygen atoms in total. The van der Waals surface area contributed by atoms with Gasteiger partial charge in [-0.2, -0.15) is 9.29 Å². The van der Waals surface area contributed by atoms with Crippen LogP contribution in [0.25, 0.3) is 0 Å². The van der Waals surface area contributed by atoms with Crippen LogP contribution in [0.3, 0.4) is 0 Å². The van der Waals surface area contributed by atoms with Gasteiger partial charge in [0.25, 0.3) is 0 Å². The van der Waals surface area contributed by atoms with Crippen LogP contribution in [0.5, 0.6) is 0 Å². The Balaban J connectivity index is 2.05. The van der Waals surface area contributed by atoms with Gasteiger partial charge in [-0.05, 0) is 76.7 Å². The van der Waals surface area contributed by atoms with Crippen molar-refractivity contribution in [3.8, 4) is 0 Å². The maximum Gasteiger partial charge on any atom is 0.481 e. The van der Waals surface area contributed by atoms with Crippen LogP contribution in [0.4, 0.5) is 5.82 Å². The number of phosphoric acid groups is 2. The van der Waals surface area contributed by atoms with Gasteiger partial charge >= 0.3 is 39.2 Å². The highest BCUT2D eigenvalue weighted by molar-refractivity contribution is 8.00. The number of carboxylic acid groups (broad SMARTS) is 1. The fourth-order valence-corrected chi connectivity index (χ4v) is 10.7. The van der Waals surface area contributed by atoms with Crippen molar-refractivity contribution in [1.82, 2.24) is 9.55 Å². The first-order valence-corrected chi connectivity index (χ1v) is 30.9. The van der Waals surface area contributed by atoms with Crippen LogP contribution in [0, 0.1) is 0 Å². The van der Waals surface area contributed by atoms with Crippen LogP contribution in [0.1, 0.15) is 148 Å². The van der Waals surface area contributed by atoms with Gasteiger partial charge in [-0.3, -0.25) is 28.0 Å². The van der Waals surface area contributed by atoms with Gasteiger partial charge in [0.2, 0.25) is 0 Å². The van der Waals surface area contributed by atoms with E-state index in [1.165, 1.54) is 38.2 Å². The van der Waals surface area contributed by atoms with Crippen molar-refractivity contribution in [2.75, 3.05) is 31.3 Å². The lowest BCUT2D eigenvalue weighted by Crippen LogP contribution is -2.38. The summed E-state index contributed by atoms with van der Waals surface area (Å²) in [5.74, 6) is -2.98. The van der Waals surface area contributed by atoms with Crippen molar-refractivity contribution < 1.29 is 81.3 Å². The van der Waals surface area contributed by atoms with Crippen LogP contribution in [0.15, 0.2) is 90.0 Å². The van der Waals surface area contributed by atoms with Crippen LogP contribution in [0.2, 0.25) is 0 Å². The number of carboxylic acids is 1. The number of aliphatic carboxylic acids is 1. The summed E-state index contributed by atoms with van der Waals surface area (Å²) < 4.78 is 57.0. The predicted octanol–water partition coefficient (Wildman–Crippen LogP) is 8.20. The minimum Gasteiger partial charge on any atom is -0.481 e. The number of esters is 2. The number of unbranched alkanes of at least 4 members (excludes halogenated alkanes) is 11. The highest BCUT2D eigenvalue weighted by Gasteiger charge is 2.46. The van der Waals surface area contributed by atoms with Crippen LogP contribution in [-0.4, -0.2) is 125 Å². The number of allylic oxidation sites excluding steroid dienone is 11. The Hall–Kier alpha value is -4.06. The first-order valence-electron chi connectivity index (χ1n) is 26.9. The monoisotopic (exact) mass is 1160 g/mol. The van der Waals surface area contributed by atoms with Crippen molar-refractivity contribution in [3.05, 3.63) is 95.7 Å². The number of ether oxygens (including phenoxy) is 3. The minimum atomic E-state index is -5.56. The van der Waals surface area contributed by atoms with Crippen molar-refractivity contribution in [1.29, 1.82) is 0 Å². The molecule has 0 aromatic carbocycles. The molecule has 0 aliphatic carbocycles. The normalized spacial score (nSPS) is 20.3. The van der Waals surface area contributed by atoms with Crippen molar-refractivity contribution in [2.24, 2.45) is 5.73 Å². The lowest BCUT2D eigenvalue weighted by Gasteiger charge is -2.23. The third kappa shape index (κ3) is 32.3. The maximum atomic E-state index is 13.2. The molecule has 0 spiro atoms. The molecule has 0 amide bonds. The minimum absolute atomic E-state index is 0.0715. The number of carbonyl (C=O) groups is 3. The van der Waals surface area contributed by atoms with E-state index < -0.39 is 107 Å². The van der Waals surface area contributed by atoms with Gasteiger partial charge < -0.3 is 55.9 Å². The number of thioether (sulfide) groups is 1. The zero-order valence-corrected chi connectivity index (χ0v) is 47.7. The third-order valence-electron chi connectivity index (χ3n) is 11.8. The van der Waals surface area contributed by atoms with Gasteiger partial charge in [0, 0.05) is 30.0 Å². The number of nitrogens with two attached hydrogens (primary N) is 2. The van der Waals surface area contributed by atoms with Crippen molar-refractivity contribution in [2.45, 2.75) is 190 Å². The molecule has 1 saturated heterocycles. The molecule has 1 aliphatic rings. The van der Waals surface area contributed by atoms with Crippen molar-refractivity contribution >= 4 is 51.1 Å². The summed E-state index contributed by atoms with van der Waals surface area (Å²) >= 11 is 1.12. The zero-order chi connectivity index (χ0) is 57.6. The molecular weight excluding hydrogens is 1070 g/mol. The van der Waals surface area contributed by atoms with E-state index in [1.54, 1.807) is 18.2 Å². The zero-order valence-electron chi connectivity index (χ0n) is 45.1. The molecule has 25 heteroatoms. The number of carbonyl (C=O) groups excluding carboxylic acids is 2. The molecule has 442 valence electrons. The summed E-state index contributed by atoms with van der Waals surface area (Å²) in [6.45, 7) is 1.58. The molecule has 2 rings (SSSR count). The Labute approximate surface area is 463 Å². The second-order valence-corrected chi connectivity index (χ2v) is 22.8. The summed E-state index contributed by atoms with van der Waals surface area (Å²) in [6, 6.07) is -0.0811.